The highest BCUT2D eigenvalue weighted by Crippen LogP contribution is 2.27. The number of benzene rings is 2. The van der Waals surface area contributed by atoms with Crippen molar-refractivity contribution in [1.82, 2.24) is 0 Å². The van der Waals surface area contributed by atoms with Gasteiger partial charge >= 0.3 is 0 Å². The van der Waals surface area contributed by atoms with Crippen LogP contribution in [0.15, 0.2) is 54.6 Å². The van der Waals surface area contributed by atoms with E-state index in [9.17, 15) is 14.4 Å². The molecular formula is C18H16N2O4. The van der Waals surface area contributed by atoms with Crippen LogP contribution in [0.1, 0.15) is 0 Å². The van der Waals surface area contributed by atoms with Gasteiger partial charge in [-0.05, 0) is 24.3 Å². The zero-order valence-corrected chi connectivity index (χ0v) is 13.1. The molecule has 6 heteroatoms. The van der Waals surface area contributed by atoms with Crippen molar-refractivity contribution in [3.63, 3.8) is 0 Å². The van der Waals surface area contributed by atoms with Crippen molar-refractivity contribution in [3.8, 4) is 5.75 Å². The van der Waals surface area contributed by atoms with E-state index in [-0.39, 0.29) is 6.54 Å². The van der Waals surface area contributed by atoms with Crippen molar-refractivity contribution in [3.05, 3.63) is 54.6 Å². The standard InChI is InChI=1S/C18H16N2O4/c1-24-15-10-6-5-9-13(15)19-17(22)16-14(21)11-20(18(16)23)12-7-3-2-4-8-12/h2-10,16H,11H2,1H3,(H,19,22)/t16-/m1/s1. The molecule has 0 aromatic heterocycles. The lowest BCUT2D eigenvalue weighted by atomic mass is 10.1. The predicted octanol–water partition coefficient (Wildman–Crippen LogP) is 1.87. The second-order valence-corrected chi connectivity index (χ2v) is 5.35. The first kappa shape index (κ1) is 15.7. The number of methoxy groups -OCH3 is 1. The van der Waals surface area contributed by atoms with Gasteiger partial charge in [0.05, 0.1) is 19.3 Å². The topological polar surface area (TPSA) is 75.7 Å². The minimum Gasteiger partial charge on any atom is -0.495 e. The van der Waals surface area contributed by atoms with E-state index in [1.807, 2.05) is 6.07 Å². The molecule has 2 aromatic carbocycles. The smallest absolute Gasteiger partial charge is 0.247 e. The van der Waals surface area contributed by atoms with E-state index in [4.69, 9.17) is 4.74 Å². The third-order valence-electron chi connectivity index (χ3n) is 3.84. The minimum atomic E-state index is -1.34. The van der Waals surface area contributed by atoms with Gasteiger partial charge in [0.15, 0.2) is 11.7 Å². The molecular weight excluding hydrogens is 308 g/mol. The molecule has 1 saturated heterocycles. The zero-order chi connectivity index (χ0) is 17.1. The van der Waals surface area contributed by atoms with Crippen molar-refractivity contribution in [1.29, 1.82) is 0 Å². The Hall–Kier alpha value is -3.15. The van der Waals surface area contributed by atoms with Gasteiger partial charge in [-0.3, -0.25) is 14.4 Å². The Morgan fingerprint density at radius 3 is 2.46 bits per heavy atom. The maximum Gasteiger partial charge on any atom is 0.247 e. The summed E-state index contributed by atoms with van der Waals surface area (Å²) in [6.45, 7) is -0.104. The van der Waals surface area contributed by atoms with Crippen molar-refractivity contribution < 1.29 is 19.1 Å². The van der Waals surface area contributed by atoms with E-state index in [1.54, 1.807) is 48.5 Å². The minimum absolute atomic E-state index is 0.104. The highest BCUT2D eigenvalue weighted by molar-refractivity contribution is 6.30. The van der Waals surface area contributed by atoms with Crippen LogP contribution in [0.3, 0.4) is 0 Å². The summed E-state index contributed by atoms with van der Waals surface area (Å²) in [5.41, 5.74) is 1.02. The molecule has 0 saturated carbocycles. The fourth-order valence-electron chi connectivity index (χ4n) is 2.66. The zero-order valence-electron chi connectivity index (χ0n) is 13.1. The number of amides is 2. The fraction of sp³-hybridized carbons (Fsp3) is 0.167. The van der Waals surface area contributed by atoms with Gasteiger partial charge in [-0.25, -0.2) is 0 Å². The number of para-hydroxylation sites is 3. The Bertz CT molecular complexity index is 789. The van der Waals surface area contributed by atoms with Crippen LogP contribution in [0, 0.1) is 5.92 Å². The Kier molecular flexibility index (Phi) is 4.29. The molecule has 122 valence electrons. The number of ketones is 1. The average molecular weight is 324 g/mol. The van der Waals surface area contributed by atoms with Gasteiger partial charge < -0.3 is 15.0 Å². The fourth-order valence-corrected chi connectivity index (χ4v) is 2.66. The molecule has 1 aliphatic rings. The van der Waals surface area contributed by atoms with Crippen LogP contribution < -0.4 is 15.0 Å². The summed E-state index contributed by atoms with van der Waals surface area (Å²) in [5.74, 6) is -2.46. The van der Waals surface area contributed by atoms with Gasteiger partial charge in [0.2, 0.25) is 11.8 Å². The van der Waals surface area contributed by atoms with Gasteiger partial charge in [-0.15, -0.1) is 0 Å². The van der Waals surface area contributed by atoms with Crippen molar-refractivity contribution >= 4 is 29.0 Å². The number of rotatable bonds is 4. The largest absolute Gasteiger partial charge is 0.495 e. The summed E-state index contributed by atoms with van der Waals surface area (Å²) in [5, 5.41) is 2.60. The monoisotopic (exact) mass is 324 g/mol. The lowest BCUT2D eigenvalue weighted by Crippen LogP contribution is -2.34. The molecule has 0 radical (unpaired) electrons. The summed E-state index contributed by atoms with van der Waals surface area (Å²) in [6.07, 6.45) is 0. The summed E-state index contributed by atoms with van der Waals surface area (Å²) < 4.78 is 5.16. The molecule has 0 unspecified atom stereocenters. The number of nitrogens with one attached hydrogen (secondary N) is 1. The molecule has 24 heavy (non-hydrogen) atoms. The Balaban J connectivity index is 1.80. The Morgan fingerprint density at radius 2 is 1.75 bits per heavy atom. The molecule has 3 rings (SSSR count). The van der Waals surface area contributed by atoms with E-state index in [1.165, 1.54) is 12.0 Å². The van der Waals surface area contributed by atoms with Crippen LogP contribution in [0.4, 0.5) is 11.4 Å². The summed E-state index contributed by atoms with van der Waals surface area (Å²) in [4.78, 5) is 38.5. The van der Waals surface area contributed by atoms with E-state index >= 15 is 0 Å². The molecule has 1 heterocycles. The van der Waals surface area contributed by atoms with Gasteiger partial charge in [-0.1, -0.05) is 30.3 Å². The van der Waals surface area contributed by atoms with Crippen LogP contribution >= 0.6 is 0 Å². The van der Waals surface area contributed by atoms with Crippen LogP contribution in [-0.2, 0) is 14.4 Å². The quantitative estimate of drug-likeness (QED) is 0.871. The number of carbonyl (C=O) groups is 3. The van der Waals surface area contributed by atoms with Gasteiger partial charge in [0, 0.05) is 5.69 Å². The van der Waals surface area contributed by atoms with E-state index in [0.717, 1.165) is 0 Å². The molecule has 6 nitrogen and oxygen atoms in total. The highest BCUT2D eigenvalue weighted by Gasteiger charge is 2.44. The number of hydrogen-bond donors (Lipinski definition) is 1. The molecule has 1 fully saturated rings. The highest BCUT2D eigenvalue weighted by atomic mass is 16.5. The van der Waals surface area contributed by atoms with Crippen LogP contribution in [0.25, 0.3) is 0 Å². The van der Waals surface area contributed by atoms with Crippen LogP contribution in [0.2, 0.25) is 0 Å². The van der Waals surface area contributed by atoms with E-state index < -0.39 is 23.5 Å². The lowest BCUT2D eigenvalue weighted by molar-refractivity contribution is -0.134. The second-order valence-electron chi connectivity index (χ2n) is 5.35. The number of ether oxygens (including phenoxy) is 1. The normalized spacial score (nSPS) is 17.0. The summed E-state index contributed by atoms with van der Waals surface area (Å²) in [6, 6.07) is 15.6. The first-order valence-corrected chi connectivity index (χ1v) is 7.45. The number of carbonyl (C=O) groups excluding carboxylic acids is 3. The number of anilines is 2. The van der Waals surface area contributed by atoms with Crippen molar-refractivity contribution in [2.75, 3.05) is 23.9 Å². The number of hydrogen-bond acceptors (Lipinski definition) is 4. The van der Waals surface area contributed by atoms with Crippen molar-refractivity contribution in [2.45, 2.75) is 0 Å². The van der Waals surface area contributed by atoms with Crippen molar-refractivity contribution in [2.24, 2.45) is 5.92 Å². The molecule has 1 N–H and O–H groups in total. The molecule has 0 bridgehead atoms. The van der Waals surface area contributed by atoms with Gasteiger partial charge in [0.25, 0.3) is 0 Å². The maximum atomic E-state index is 12.5. The third kappa shape index (κ3) is 2.86. The second kappa shape index (κ2) is 6.54. The Labute approximate surface area is 139 Å². The maximum absolute atomic E-state index is 12.5. The van der Waals surface area contributed by atoms with Crippen LogP contribution in [0.5, 0.6) is 5.75 Å². The van der Waals surface area contributed by atoms with Crippen LogP contribution in [-0.4, -0.2) is 31.3 Å². The van der Waals surface area contributed by atoms with E-state index in [0.29, 0.717) is 17.1 Å². The molecule has 0 aliphatic carbocycles. The SMILES string of the molecule is COc1ccccc1NC(=O)[C@H]1C(=O)CN(c2ccccc2)C1=O. The van der Waals surface area contributed by atoms with Gasteiger partial charge in [0.1, 0.15) is 5.75 Å². The summed E-state index contributed by atoms with van der Waals surface area (Å²) >= 11 is 0. The summed E-state index contributed by atoms with van der Waals surface area (Å²) in [7, 11) is 1.48. The third-order valence-corrected chi connectivity index (χ3v) is 3.84. The molecule has 0 spiro atoms. The molecule has 1 atom stereocenters. The first-order valence-electron chi connectivity index (χ1n) is 7.45. The average Bonchev–Trinajstić information content (AvgIpc) is 2.90. The number of Topliss-reactive ketones (excluding diaryl/α,β-unsaturated/α-hetero) is 1. The first-order chi connectivity index (χ1) is 11.6. The molecule has 2 amide bonds. The predicted molar refractivity (Wildman–Crippen MR) is 88.9 cm³/mol. The Morgan fingerprint density at radius 1 is 1.08 bits per heavy atom. The molecule has 2 aromatic rings. The molecule has 1 aliphatic heterocycles. The van der Waals surface area contributed by atoms with E-state index in [2.05, 4.69) is 5.32 Å². The lowest BCUT2D eigenvalue weighted by Gasteiger charge is -2.16. The van der Waals surface area contributed by atoms with Gasteiger partial charge in [-0.2, -0.15) is 0 Å². The number of nitrogens with zero attached hydrogens (tertiary/aromatic N) is 1.